The minimum Gasteiger partial charge on any atom is -0.452 e. The average molecular weight is 405 g/mol. The lowest BCUT2D eigenvalue weighted by molar-refractivity contribution is -0.163. The monoisotopic (exact) mass is 404 g/mol. The molecule has 3 rings (SSSR count). The molecule has 6 heteroatoms. The molecule has 0 saturated carbocycles. The minimum atomic E-state index is -2.11. The molecule has 0 aliphatic carbocycles. The lowest BCUT2D eigenvalue weighted by Crippen LogP contribution is -2.47. The van der Waals surface area contributed by atoms with Gasteiger partial charge < -0.3 is 18.6 Å². The zero-order chi connectivity index (χ0) is 20.7. The highest BCUT2D eigenvalue weighted by atomic mass is 28.4. The number of rotatable bonds is 5. The summed E-state index contributed by atoms with van der Waals surface area (Å²) >= 11 is 0. The summed E-state index contributed by atoms with van der Waals surface area (Å²) in [4.78, 5) is 11.6. The lowest BCUT2D eigenvalue weighted by Gasteiger charge is -2.41. The molecule has 0 aromatic heterocycles. The van der Waals surface area contributed by atoms with Gasteiger partial charge in [0.2, 0.25) is 0 Å². The summed E-state index contributed by atoms with van der Waals surface area (Å²) in [6.07, 6.45) is 1.57. The fraction of sp³-hybridized carbons (Fsp3) is 0.591. The van der Waals surface area contributed by atoms with E-state index in [9.17, 15) is 4.79 Å². The summed E-state index contributed by atoms with van der Waals surface area (Å²) in [6.45, 7) is 14.9. The fourth-order valence-corrected chi connectivity index (χ4v) is 4.59. The van der Waals surface area contributed by atoms with Crippen molar-refractivity contribution in [2.45, 2.75) is 83.0 Å². The van der Waals surface area contributed by atoms with Gasteiger partial charge in [-0.15, -0.1) is 0 Å². The third-order valence-electron chi connectivity index (χ3n) is 5.82. The largest absolute Gasteiger partial charge is 0.452 e. The summed E-state index contributed by atoms with van der Waals surface area (Å²) in [5.74, 6) is -1.14. The van der Waals surface area contributed by atoms with E-state index < -0.39 is 32.4 Å². The first kappa shape index (κ1) is 21.2. The van der Waals surface area contributed by atoms with Crippen molar-refractivity contribution in [3.05, 3.63) is 48.0 Å². The number of esters is 1. The maximum absolute atomic E-state index is 11.6. The van der Waals surface area contributed by atoms with E-state index in [1.54, 1.807) is 6.08 Å². The van der Waals surface area contributed by atoms with Crippen LogP contribution in [0.25, 0.3) is 0 Å². The van der Waals surface area contributed by atoms with Crippen LogP contribution in [-0.4, -0.2) is 38.4 Å². The standard InChI is InChI=1S/C22H32O5Si/c1-21(2,3)28(6,7)27-18(15-11-9-8-10-12-15)20-19(25-22(4,5)26-20)16-13-14-17(23)24-16/h8-14,16,18-20H,1-7H3/t16-,18+,19+,20+/m0/s1. The summed E-state index contributed by atoms with van der Waals surface area (Å²) in [7, 11) is -2.11. The number of carbonyl (C=O) groups excluding carboxylic acids is 1. The van der Waals surface area contributed by atoms with Gasteiger partial charge in [-0.05, 0) is 43.6 Å². The molecule has 1 aromatic rings. The van der Waals surface area contributed by atoms with Gasteiger partial charge in [-0.1, -0.05) is 51.1 Å². The predicted octanol–water partition coefficient (Wildman–Crippen LogP) is 4.75. The van der Waals surface area contributed by atoms with Gasteiger partial charge in [0.1, 0.15) is 18.3 Å². The van der Waals surface area contributed by atoms with Gasteiger partial charge >= 0.3 is 5.97 Å². The molecule has 0 amide bonds. The molecule has 1 fully saturated rings. The van der Waals surface area contributed by atoms with Crippen molar-refractivity contribution < 1.29 is 23.4 Å². The summed E-state index contributed by atoms with van der Waals surface area (Å²) in [6, 6.07) is 10.1. The normalized spacial score (nSPS) is 28.4. The van der Waals surface area contributed by atoms with Crippen molar-refractivity contribution in [2.24, 2.45) is 0 Å². The molecule has 0 radical (unpaired) electrons. The molecule has 0 N–H and O–H groups in total. The quantitative estimate of drug-likeness (QED) is 0.523. The second kappa shape index (κ2) is 7.41. The van der Waals surface area contributed by atoms with Crippen LogP contribution in [0.3, 0.4) is 0 Å². The highest BCUT2D eigenvalue weighted by molar-refractivity contribution is 6.74. The molecular formula is C22H32O5Si. The van der Waals surface area contributed by atoms with E-state index in [1.807, 2.05) is 32.0 Å². The Labute approximate surface area is 169 Å². The maximum Gasteiger partial charge on any atom is 0.331 e. The fourth-order valence-electron chi connectivity index (χ4n) is 3.33. The van der Waals surface area contributed by atoms with Crippen LogP contribution >= 0.6 is 0 Å². The van der Waals surface area contributed by atoms with E-state index in [0.717, 1.165) is 5.56 Å². The first-order valence-corrected chi connectivity index (χ1v) is 12.8. The minimum absolute atomic E-state index is 0.0459. The van der Waals surface area contributed by atoms with Gasteiger partial charge in [0, 0.05) is 6.08 Å². The van der Waals surface area contributed by atoms with Gasteiger partial charge in [0.25, 0.3) is 0 Å². The van der Waals surface area contributed by atoms with E-state index in [2.05, 4.69) is 46.0 Å². The molecule has 2 aliphatic rings. The smallest absolute Gasteiger partial charge is 0.331 e. The number of hydrogen-bond donors (Lipinski definition) is 0. The molecule has 154 valence electrons. The van der Waals surface area contributed by atoms with Crippen LogP contribution in [0.2, 0.25) is 18.1 Å². The summed E-state index contributed by atoms with van der Waals surface area (Å²) in [5, 5.41) is 0.0459. The number of cyclic esters (lactones) is 1. The van der Waals surface area contributed by atoms with Gasteiger partial charge in [0.15, 0.2) is 14.1 Å². The van der Waals surface area contributed by atoms with Gasteiger partial charge in [-0.2, -0.15) is 0 Å². The second-order valence-corrected chi connectivity index (χ2v) is 14.3. The van der Waals surface area contributed by atoms with Crippen molar-refractivity contribution in [3.63, 3.8) is 0 Å². The Kier molecular flexibility index (Phi) is 5.62. The lowest BCUT2D eigenvalue weighted by atomic mass is 9.97. The van der Waals surface area contributed by atoms with Crippen LogP contribution in [-0.2, 0) is 23.4 Å². The third kappa shape index (κ3) is 4.40. The van der Waals surface area contributed by atoms with Crippen molar-refractivity contribution in [2.75, 3.05) is 0 Å². The zero-order valence-electron chi connectivity index (χ0n) is 17.9. The van der Waals surface area contributed by atoms with E-state index >= 15 is 0 Å². The zero-order valence-corrected chi connectivity index (χ0v) is 18.9. The second-order valence-electron chi connectivity index (χ2n) is 9.53. The molecule has 28 heavy (non-hydrogen) atoms. The van der Waals surface area contributed by atoms with Crippen molar-refractivity contribution >= 4 is 14.3 Å². The Bertz CT molecular complexity index is 735. The molecule has 5 nitrogen and oxygen atoms in total. The number of ether oxygens (including phenoxy) is 3. The Balaban J connectivity index is 1.98. The summed E-state index contributed by atoms with van der Waals surface area (Å²) in [5.41, 5.74) is 1.04. The Morgan fingerprint density at radius 3 is 2.29 bits per heavy atom. The average Bonchev–Trinajstić information content (AvgIpc) is 3.15. The Hall–Kier alpha value is -1.47. The third-order valence-corrected chi connectivity index (χ3v) is 10.3. The van der Waals surface area contributed by atoms with E-state index in [0.29, 0.717) is 0 Å². The molecule has 2 heterocycles. The van der Waals surface area contributed by atoms with Gasteiger partial charge in [-0.25, -0.2) is 4.79 Å². The van der Waals surface area contributed by atoms with Crippen LogP contribution in [0, 0.1) is 0 Å². The maximum atomic E-state index is 11.6. The van der Waals surface area contributed by atoms with Crippen LogP contribution < -0.4 is 0 Å². The number of carbonyl (C=O) groups is 1. The summed E-state index contributed by atoms with van der Waals surface area (Å²) < 4.78 is 24.8. The topological polar surface area (TPSA) is 54.0 Å². The first-order valence-electron chi connectivity index (χ1n) is 9.87. The van der Waals surface area contributed by atoms with Crippen LogP contribution in [0.5, 0.6) is 0 Å². The highest BCUT2D eigenvalue weighted by Crippen LogP contribution is 2.45. The van der Waals surface area contributed by atoms with Crippen LogP contribution in [0.15, 0.2) is 42.5 Å². The molecule has 0 bridgehead atoms. The molecule has 2 aliphatic heterocycles. The molecule has 1 aromatic carbocycles. The first-order chi connectivity index (χ1) is 12.9. The highest BCUT2D eigenvalue weighted by Gasteiger charge is 2.52. The predicted molar refractivity (Wildman–Crippen MR) is 110 cm³/mol. The Morgan fingerprint density at radius 2 is 1.75 bits per heavy atom. The van der Waals surface area contributed by atoms with Crippen LogP contribution in [0.4, 0.5) is 0 Å². The molecule has 1 saturated heterocycles. The van der Waals surface area contributed by atoms with Crippen molar-refractivity contribution in [1.82, 2.24) is 0 Å². The molecule has 0 spiro atoms. The van der Waals surface area contributed by atoms with Crippen molar-refractivity contribution in [3.8, 4) is 0 Å². The molecule has 4 atom stereocenters. The van der Waals surface area contributed by atoms with E-state index in [-0.39, 0.29) is 17.1 Å². The van der Waals surface area contributed by atoms with Gasteiger partial charge in [-0.3, -0.25) is 0 Å². The molecular weight excluding hydrogens is 372 g/mol. The van der Waals surface area contributed by atoms with Gasteiger partial charge in [0.05, 0.1) is 6.10 Å². The number of benzene rings is 1. The Morgan fingerprint density at radius 1 is 1.11 bits per heavy atom. The number of hydrogen-bond acceptors (Lipinski definition) is 5. The van der Waals surface area contributed by atoms with Crippen LogP contribution in [0.1, 0.15) is 46.3 Å². The van der Waals surface area contributed by atoms with Crippen molar-refractivity contribution in [1.29, 1.82) is 0 Å². The molecule has 0 unspecified atom stereocenters. The SMILES string of the molecule is CC1(C)O[C@H]([C@@H]2C=CC(=O)O2)[C@@H]([C@H](O[Si](C)(C)C(C)(C)C)c2ccccc2)O1. The van der Waals surface area contributed by atoms with E-state index in [4.69, 9.17) is 18.6 Å². The van der Waals surface area contributed by atoms with E-state index in [1.165, 1.54) is 6.08 Å².